The quantitative estimate of drug-likeness (QED) is 0.852. The zero-order chi connectivity index (χ0) is 18.7. The second kappa shape index (κ2) is 7.58. The molecule has 0 aliphatic carbocycles. The Morgan fingerprint density at radius 3 is 2.58 bits per heavy atom. The summed E-state index contributed by atoms with van der Waals surface area (Å²) >= 11 is 0. The van der Waals surface area contributed by atoms with Crippen molar-refractivity contribution in [3.05, 3.63) is 58.8 Å². The first-order chi connectivity index (χ1) is 12.5. The predicted molar refractivity (Wildman–Crippen MR) is 90.5 cm³/mol. The molecule has 1 aromatic heterocycles. The number of carbonyl (C=O) groups is 1. The van der Waals surface area contributed by atoms with Gasteiger partial charge in [0.2, 0.25) is 0 Å². The lowest BCUT2D eigenvalue weighted by Gasteiger charge is -2.32. The zero-order valence-electron chi connectivity index (χ0n) is 14.0. The normalized spacial score (nSPS) is 14.9. The van der Waals surface area contributed by atoms with Crippen molar-refractivity contribution < 1.29 is 18.7 Å². The van der Waals surface area contributed by atoms with Crippen LogP contribution >= 0.6 is 0 Å². The van der Waals surface area contributed by atoms with E-state index in [2.05, 4.69) is 4.98 Å². The van der Waals surface area contributed by atoms with Gasteiger partial charge in [-0.25, -0.2) is 13.8 Å². The molecule has 0 bridgehead atoms. The van der Waals surface area contributed by atoms with Crippen molar-refractivity contribution in [1.82, 2.24) is 4.98 Å². The predicted octanol–water partition coefficient (Wildman–Crippen LogP) is 2.82. The van der Waals surface area contributed by atoms with E-state index in [0.29, 0.717) is 25.9 Å². The summed E-state index contributed by atoms with van der Waals surface area (Å²) in [5, 5.41) is 17.8. The number of nitriles is 1. The Balaban J connectivity index is 1.67. The molecule has 0 unspecified atom stereocenters. The molecule has 0 atom stereocenters. The maximum absolute atomic E-state index is 14.1. The molecule has 0 amide bonds. The molecule has 1 aromatic carbocycles. The summed E-state index contributed by atoms with van der Waals surface area (Å²) < 4.78 is 27.8. The third-order valence-electron chi connectivity index (χ3n) is 4.62. The van der Waals surface area contributed by atoms with Gasteiger partial charge in [-0.05, 0) is 25.0 Å². The summed E-state index contributed by atoms with van der Waals surface area (Å²) in [5.41, 5.74) is 0.587. The fourth-order valence-electron chi connectivity index (χ4n) is 3.14. The van der Waals surface area contributed by atoms with Crippen molar-refractivity contribution >= 4 is 11.6 Å². The summed E-state index contributed by atoms with van der Waals surface area (Å²) in [5.74, 6) is -1.41. The second-order valence-electron chi connectivity index (χ2n) is 6.23. The highest BCUT2D eigenvalue weighted by atomic mass is 19.1. The van der Waals surface area contributed by atoms with Crippen LogP contribution in [0.3, 0.4) is 0 Å². The summed E-state index contributed by atoms with van der Waals surface area (Å²) in [7, 11) is 0. The van der Waals surface area contributed by atoms with E-state index in [1.807, 2.05) is 6.07 Å². The van der Waals surface area contributed by atoms with Gasteiger partial charge in [0, 0.05) is 36.3 Å². The summed E-state index contributed by atoms with van der Waals surface area (Å²) in [4.78, 5) is 18.3. The highest BCUT2D eigenvalue weighted by Gasteiger charge is 2.28. The number of benzene rings is 1. The van der Waals surface area contributed by atoms with E-state index in [0.717, 1.165) is 12.1 Å². The van der Waals surface area contributed by atoms with E-state index < -0.39 is 18.2 Å². The molecule has 1 fully saturated rings. The maximum atomic E-state index is 14.1. The van der Waals surface area contributed by atoms with Gasteiger partial charge in [0.1, 0.15) is 11.9 Å². The third kappa shape index (κ3) is 3.55. The average Bonchev–Trinajstić information content (AvgIpc) is 2.67. The average molecular weight is 357 g/mol. The Labute approximate surface area is 149 Å². The molecule has 134 valence electrons. The van der Waals surface area contributed by atoms with Crippen LogP contribution in [-0.2, 0) is 6.61 Å². The van der Waals surface area contributed by atoms with Crippen LogP contribution in [0.5, 0.6) is 0 Å². The molecule has 0 saturated carbocycles. The van der Waals surface area contributed by atoms with Gasteiger partial charge in [-0.1, -0.05) is 12.1 Å². The fraction of sp³-hybridized carbons (Fsp3) is 0.316. The van der Waals surface area contributed by atoms with E-state index in [-0.39, 0.29) is 34.2 Å². The van der Waals surface area contributed by atoms with Gasteiger partial charge in [-0.2, -0.15) is 5.26 Å². The summed E-state index contributed by atoms with van der Waals surface area (Å²) in [6.45, 7) is 0.481. The number of ketones is 1. The minimum absolute atomic E-state index is 0.152. The minimum Gasteiger partial charge on any atom is -0.392 e. The van der Waals surface area contributed by atoms with Crippen LogP contribution in [0.25, 0.3) is 0 Å². The van der Waals surface area contributed by atoms with Crippen molar-refractivity contribution in [2.45, 2.75) is 19.4 Å². The van der Waals surface area contributed by atoms with Gasteiger partial charge in [0.25, 0.3) is 0 Å². The molecule has 1 saturated heterocycles. The Kier molecular flexibility index (Phi) is 5.24. The molecule has 26 heavy (non-hydrogen) atoms. The molecule has 1 N–H and O–H groups in total. The molecule has 5 nitrogen and oxygen atoms in total. The number of rotatable bonds is 4. The number of aromatic nitrogens is 1. The Morgan fingerprint density at radius 2 is 2.00 bits per heavy atom. The molecule has 2 heterocycles. The SMILES string of the molecule is N#Cc1cnc(N2CCC(C(=O)c3ccc(CO)c(F)c3)CC2)c(F)c1. The van der Waals surface area contributed by atoms with Crippen LogP contribution in [0.2, 0.25) is 0 Å². The topological polar surface area (TPSA) is 77.2 Å². The molecule has 1 aliphatic rings. The van der Waals surface area contributed by atoms with Gasteiger partial charge < -0.3 is 10.0 Å². The lowest BCUT2D eigenvalue weighted by atomic mass is 9.88. The molecule has 0 spiro atoms. The van der Waals surface area contributed by atoms with Gasteiger partial charge in [-0.3, -0.25) is 4.79 Å². The van der Waals surface area contributed by atoms with Gasteiger partial charge >= 0.3 is 0 Å². The number of piperidine rings is 1. The minimum atomic E-state index is -0.598. The smallest absolute Gasteiger partial charge is 0.166 e. The largest absolute Gasteiger partial charge is 0.392 e. The van der Waals surface area contributed by atoms with Crippen LogP contribution < -0.4 is 4.90 Å². The summed E-state index contributed by atoms with van der Waals surface area (Å²) in [6, 6.07) is 7.07. The number of Topliss-reactive ketones (excluding diaryl/α,β-unsaturated/α-hetero) is 1. The standard InChI is InChI=1S/C19H17F2N3O2/c20-16-8-14(1-2-15(16)11-25)18(26)13-3-5-24(6-4-13)19-17(21)7-12(9-22)10-23-19/h1-2,7-8,10,13,25H,3-6,11H2. The zero-order valence-corrected chi connectivity index (χ0v) is 14.0. The second-order valence-corrected chi connectivity index (χ2v) is 6.23. The lowest BCUT2D eigenvalue weighted by Crippen LogP contribution is -2.37. The molecule has 1 aliphatic heterocycles. The van der Waals surface area contributed by atoms with E-state index >= 15 is 0 Å². The third-order valence-corrected chi connectivity index (χ3v) is 4.62. The Hall–Kier alpha value is -2.85. The van der Waals surface area contributed by atoms with E-state index in [4.69, 9.17) is 10.4 Å². The summed E-state index contributed by atoms with van der Waals surface area (Å²) in [6.07, 6.45) is 2.33. The highest BCUT2D eigenvalue weighted by molar-refractivity contribution is 5.98. The molecular weight excluding hydrogens is 340 g/mol. The number of pyridine rings is 1. The van der Waals surface area contributed by atoms with Crippen molar-refractivity contribution in [1.29, 1.82) is 5.26 Å². The van der Waals surface area contributed by atoms with E-state index in [1.54, 1.807) is 4.90 Å². The van der Waals surface area contributed by atoms with Crippen LogP contribution in [0, 0.1) is 28.9 Å². The van der Waals surface area contributed by atoms with Gasteiger partial charge in [-0.15, -0.1) is 0 Å². The number of carbonyl (C=O) groups excluding carboxylic acids is 1. The molecule has 3 rings (SSSR count). The lowest BCUT2D eigenvalue weighted by molar-refractivity contribution is 0.0899. The van der Waals surface area contributed by atoms with E-state index in [9.17, 15) is 13.6 Å². The number of hydrogen-bond acceptors (Lipinski definition) is 5. The van der Waals surface area contributed by atoms with Crippen molar-refractivity contribution in [3.8, 4) is 6.07 Å². The molecule has 7 heteroatoms. The van der Waals surface area contributed by atoms with E-state index in [1.165, 1.54) is 18.3 Å². The number of aliphatic hydroxyl groups is 1. The number of aliphatic hydroxyl groups excluding tert-OH is 1. The van der Waals surface area contributed by atoms with Crippen LogP contribution in [0.1, 0.15) is 34.3 Å². The van der Waals surface area contributed by atoms with Crippen LogP contribution in [-0.4, -0.2) is 29.0 Å². The first-order valence-corrected chi connectivity index (χ1v) is 8.27. The van der Waals surface area contributed by atoms with Gasteiger partial charge in [0.05, 0.1) is 12.2 Å². The van der Waals surface area contributed by atoms with Crippen molar-refractivity contribution in [2.24, 2.45) is 5.92 Å². The molecule has 2 aromatic rings. The number of anilines is 1. The maximum Gasteiger partial charge on any atom is 0.166 e. The number of hydrogen-bond donors (Lipinski definition) is 1. The number of nitrogens with zero attached hydrogens (tertiary/aromatic N) is 3. The molecular formula is C19H17F2N3O2. The molecule has 0 radical (unpaired) electrons. The van der Waals surface area contributed by atoms with Crippen molar-refractivity contribution in [2.75, 3.05) is 18.0 Å². The Morgan fingerprint density at radius 1 is 1.27 bits per heavy atom. The fourth-order valence-corrected chi connectivity index (χ4v) is 3.14. The monoisotopic (exact) mass is 357 g/mol. The highest BCUT2D eigenvalue weighted by Crippen LogP contribution is 2.27. The van der Waals surface area contributed by atoms with Crippen LogP contribution in [0.4, 0.5) is 14.6 Å². The first kappa shape index (κ1) is 18.0. The van der Waals surface area contributed by atoms with Crippen LogP contribution in [0.15, 0.2) is 30.5 Å². The Bertz CT molecular complexity index is 872. The van der Waals surface area contributed by atoms with Gasteiger partial charge in [0.15, 0.2) is 17.4 Å². The number of halogens is 2. The first-order valence-electron chi connectivity index (χ1n) is 8.27. The van der Waals surface area contributed by atoms with Crippen molar-refractivity contribution in [3.63, 3.8) is 0 Å².